The zero-order valence-corrected chi connectivity index (χ0v) is 13.4. The molecule has 120 valence electrons. The van der Waals surface area contributed by atoms with E-state index in [2.05, 4.69) is 0 Å². The molecule has 0 fully saturated rings. The fraction of sp³-hybridized carbons (Fsp3) is 0.0952. The first-order valence-electron chi connectivity index (χ1n) is 7.70. The second-order valence-electron chi connectivity index (χ2n) is 5.38. The summed E-state index contributed by atoms with van der Waals surface area (Å²) in [6.45, 7) is 0.510. The van der Waals surface area contributed by atoms with Crippen LogP contribution in [0, 0.1) is 0 Å². The molecule has 3 nitrogen and oxygen atoms in total. The van der Waals surface area contributed by atoms with Crippen molar-refractivity contribution < 1.29 is 14.3 Å². The number of rotatable bonds is 6. The van der Waals surface area contributed by atoms with Crippen LogP contribution in [0.5, 0.6) is 11.5 Å². The van der Waals surface area contributed by atoms with Crippen LogP contribution in [0.3, 0.4) is 0 Å². The van der Waals surface area contributed by atoms with Crippen LogP contribution in [0.2, 0.25) is 0 Å². The van der Waals surface area contributed by atoms with E-state index in [4.69, 9.17) is 9.47 Å². The molecule has 0 aliphatic rings. The first-order chi connectivity index (χ1) is 11.8. The van der Waals surface area contributed by atoms with Crippen molar-refractivity contribution in [3.8, 4) is 22.6 Å². The molecule has 3 heteroatoms. The molecule has 0 saturated heterocycles. The molecule has 3 aromatic carbocycles. The molecule has 0 unspecified atom stereocenters. The van der Waals surface area contributed by atoms with Gasteiger partial charge in [-0.25, -0.2) is 0 Å². The van der Waals surface area contributed by atoms with Gasteiger partial charge in [-0.15, -0.1) is 0 Å². The van der Waals surface area contributed by atoms with Gasteiger partial charge in [0.15, 0.2) is 0 Å². The highest BCUT2D eigenvalue weighted by atomic mass is 16.5. The second kappa shape index (κ2) is 7.47. The number of benzene rings is 3. The Hall–Kier alpha value is -3.07. The monoisotopic (exact) mass is 318 g/mol. The smallest absolute Gasteiger partial charge is 0.150 e. The number of methoxy groups -OCH3 is 1. The summed E-state index contributed by atoms with van der Waals surface area (Å²) in [5.74, 6) is 1.50. The van der Waals surface area contributed by atoms with Crippen LogP contribution in [-0.4, -0.2) is 13.4 Å². The maximum Gasteiger partial charge on any atom is 0.150 e. The van der Waals surface area contributed by atoms with Crippen LogP contribution in [0.25, 0.3) is 11.1 Å². The molecule has 0 amide bonds. The summed E-state index contributed by atoms with van der Waals surface area (Å²) in [4.78, 5) is 11.1. The van der Waals surface area contributed by atoms with Crippen molar-refractivity contribution in [2.45, 2.75) is 6.61 Å². The van der Waals surface area contributed by atoms with E-state index in [0.717, 1.165) is 34.5 Å². The third kappa shape index (κ3) is 3.63. The zero-order valence-electron chi connectivity index (χ0n) is 13.4. The van der Waals surface area contributed by atoms with E-state index in [1.165, 1.54) is 0 Å². The quantitative estimate of drug-likeness (QED) is 0.615. The molecule has 0 saturated carbocycles. The topological polar surface area (TPSA) is 35.5 Å². The van der Waals surface area contributed by atoms with Crippen LogP contribution in [0.1, 0.15) is 15.9 Å². The Morgan fingerprint density at radius 3 is 2.50 bits per heavy atom. The predicted octanol–water partition coefficient (Wildman–Crippen LogP) is 4.75. The Morgan fingerprint density at radius 2 is 1.75 bits per heavy atom. The fourth-order valence-corrected chi connectivity index (χ4v) is 2.52. The molecule has 0 bridgehead atoms. The van der Waals surface area contributed by atoms with Gasteiger partial charge >= 0.3 is 0 Å². The minimum absolute atomic E-state index is 0.510. The molecule has 0 radical (unpaired) electrons. The molecule has 3 aromatic rings. The lowest BCUT2D eigenvalue weighted by Gasteiger charge is -2.11. The number of ether oxygens (including phenoxy) is 2. The summed E-state index contributed by atoms with van der Waals surface area (Å²) in [7, 11) is 1.62. The Kier molecular flexibility index (Phi) is 4.92. The normalized spacial score (nSPS) is 10.2. The van der Waals surface area contributed by atoms with Gasteiger partial charge in [-0.1, -0.05) is 42.5 Å². The lowest BCUT2D eigenvalue weighted by atomic mass is 10.0. The summed E-state index contributed by atoms with van der Waals surface area (Å²) in [5.41, 5.74) is 3.54. The second-order valence-corrected chi connectivity index (χ2v) is 5.38. The van der Waals surface area contributed by atoms with Gasteiger partial charge in [0.1, 0.15) is 24.4 Å². The van der Waals surface area contributed by atoms with E-state index in [0.29, 0.717) is 12.2 Å². The standard InChI is InChI=1S/C21H18O3/c1-23-21-11-10-17(14-22)12-20(21)18-8-5-9-19(13-18)24-15-16-6-3-2-4-7-16/h2-14H,15H2,1H3. The first kappa shape index (κ1) is 15.8. The van der Waals surface area contributed by atoms with Crippen LogP contribution in [0.4, 0.5) is 0 Å². The molecule has 24 heavy (non-hydrogen) atoms. The lowest BCUT2D eigenvalue weighted by Crippen LogP contribution is -1.95. The number of hydrogen-bond donors (Lipinski definition) is 0. The van der Waals surface area contributed by atoms with Crippen molar-refractivity contribution in [3.05, 3.63) is 83.9 Å². The third-order valence-corrected chi connectivity index (χ3v) is 3.75. The van der Waals surface area contributed by atoms with Crippen LogP contribution in [-0.2, 0) is 6.61 Å². The van der Waals surface area contributed by atoms with Gasteiger partial charge in [0.2, 0.25) is 0 Å². The van der Waals surface area contributed by atoms with E-state index in [-0.39, 0.29) is 0 Å². The highest BCUT2D eigenvalue weighted by Gasteiger charge is 2.08. The molecular formula is C21H18O3. The number of carbonyl (C=O) groups is 1. The van der Waals surface area contributed by atoms with Crippen LogP contribution >= 0.6 is 0 Å². The van der Waals surface area contributed by atoms with Crippen molar-refractivity contribution in [2.75, 3.05) is 7.11 Å². The minimum atomic E-state index is 0.510. The first-order valence-corrected chi connectivity index (χ1v) is 7.70. The number of aldehydes is 1. The highest BCUT2D eigenvalue weighted by Crippen LogP contribution is 2.32. The molecule has 0 atom stereocenters. The Balaban J connectivity index is 1.86. The average Bonchev–Trinajstić information content (AvgIpc) is 2.67. The van der Waals surface area contributed by atoms with Gasteiger partial charge in [0, 0.05) is 11.1 Å². The SMILES string of the molecule is COc1ccc(C=O)cc1-c1cccc(OCc2ccccc2)c1. The van der Waals surface area contributed by atoms with Gasteiger partial charge < -0.3 is 9.47 Å². The molecule has 0 heterocycles. The minimum Gasteiger partial charge on any atom is -0.496 e. The zero-order chi connectivity index (χ0) is 16.8. The predicted molar refractivity (Wildman–Crippen MR) is 94.6 cm³/mol. The van der Waals surface area contributed by atoms with Crippen molar-refractivity contribution in [3.63, 3.8) is 0 Å². The largest absolute Gasteiger partial charge is 0.496 e. The Labute approximate surface area is 141 Å². The molecule has 0 aliphatic heterocycles. The summed E-state index contributed by atoms with van der Waals surface area (Å²) >= 11 is 0. The molecular weight excluding hydrogens is 300 g/mol. The van der Waals surface area contributed by atoms with E-state index < -0.39 is 0 Å². The number of carbonyl (C=O) groups excluding carboxylic acids is 1. The van der Waals surface area contributed by atoms with E-state index in [1.807, 2.05) is 60.7 Å². The van der Waals surface area contributed by atoms with Crippen LogP contribution in [0.15, 0.2) is 72.8 Å². The van der Waals surface area contributed by atoms with E-state index >= 15 is 0 Å². The highest BCUT2D eigenvalue weighted by molar-refractivity contribution is 5.81. The summed E-state index contributed by atoms with van der Waals surface area (Å²) in [5, 5.41) is 0. The van der Waals surface area contributed by atoms with Crippen molar-refractivity contribution in [1.82, 2.24) is 0 Å². The van der Waals surface area contributed by atoms with Crippen LogP contribution < -0.4 is 9.47 Å². The fourth-order valence-electron chi connectivity index (χ4n) is 2.52. The maximum absolute atomic E-state index is 11.1. The number of hydrogen-bond acceptors (Lipinski definition) is 3. The summed E-state index contributed by atoms with van der Waals surface area (Å²) < 4.78 is 11.3. The third-order valence-electron chi connectivity index (χ3n) is 3.75. The van der Waals surface area contributed by atoms with E-state index in [1.54, 1.807) is 19.2 Å². The average molecular weight is 318 g/mol. The Morgan fingerprint density at radius 1 is 0.917 bits per heavy atom. The molecule has 0 aliphatic carbocycles. The molecule has 3 rings (SSSR count). The van der Waals surface area contributed by atoms with Gasteiger partial charge in [-0.2, -0.15) is 0 Å². The molecule has 0 aromatic heterocycles. The van der Waals surface area contributed by atoms with Crippen molar-refractivity contribution >= 4 is 6.29 Å². The van der Waals surface area contributed by atoms with Gasteiger partial charge in [0.05, 0.1) is 7.11 Å². The molecule has 0 N–H and O–H groups in total. The van der Waals surface area contributed by atoms with Gasteiger partial charge in [-0.3, -0.25) is 4.79 Å². The maximum atomic E-state index is 11.1. The van der Waals surface area contributed by atoms with E-state index in [9.17, 15) is 4.79 Å². The molecule has 0 spiro atoms. The van der Waals surface area contributed by atoms with Crippen molar-refractivity contribution in [1.29, 1.82) is 0 Å². The summed E-state index contributed by atoms with van der Waals surface area (Å²) in [6, 6.07) is 23.2. The lowest BCUT2D eigenvalue weighted by molar-refractivity contribution is 0.112. The summed E-state index contributed by atoms with van der Waals surface area (Å²) in [6.07, 6.45) is 0.832. The van der Waals surface area contributed by atoms with Crippen molar-refractivity contribution in [2.24, 2.45) is 0 Å². The van der Waals surface area contributed by atoms with Gasteiger partial charge in [-0.05, 0) is 41.5 Å². The van der Waals surface area contributed by atoms with Gasteiger partial charge in [0.25, 0.3) is 0 Å². The Bertz CT molecular complexity index is 825.